The van der Waals surface area contributed by atoms with Crippen molar-refractivity contribution >= 4 is 22.4 Å². The second-order valence-corrected chi connectivity index (χ2v) is 7.57. The van der Waals surface area contributed by atoms with Gasteiger partial charge in [-0.05, 0) is 55.6 Å². The van der Waals surface area contributed by atoms with Gasteiger partial charge in [-0.25, -0.2) is 8.42 Å². The molecule has 2 heterocycles. The van der Waals surface area contributed by atoms with Crippen molar-refractivity contribution in [2.45, 2.75) is 11.8 Å². The molecule has 0 spiro atoms. The van der Waals surface area contributed by atoms with Crippen LogP contribution < -0.4 is 10.1 Å². The van der Waals surface area contributed by atoms with Gasteiger partial charge in [-0.3, -0.25) is 0 Å². The van der Waals surface area contributed by atoms with E-state index in [-0.39, 0.29) is 12.4 Å². The van der Waals surface area contributed by atoms with Gasteiger partial charge in [-0.2, -0.15) is 4.31 Å². The maximum Gasteiger partial charge on any atom is 0.243 e. The molecule has 5 nitrogen and oxygen atoms in total. The second kappa shape index (κ2) is 6.12. The molecule has 2 aliphatic heterocycles. The highest BCUT2D eigenvalue weighted by Crippen LogP contribution is 2.31. The third kappa shape index (κ3) is 2.90. The quantitative estimate of drug-likeness (QED) is 0.905. The van der Waals surface area contributed by atoms with Gasteiger partial charge in [-0.1, -0.05) is 0 Å². The Morgan fingerprint density at radius 1 is 1.24 bits per heavy atom. The average Bonchev–Trinajstić information content (AvgIpc) is 2.99. The number of nitrogens with zero attached hydrogens (tertiary/aromatic N) is 1. The summed E-state index contributed by atoms with van der Waals surface area (Å²) < 4.78 is 32.2. The summed E-state index contributed by atoms with van der Waals surface area (Å²) in [5, 5.41) is 3.32. The van der Waals surface area contributed by atoms with E-state index in [9.17, 15) is 8.42 Å². The third-order valence-corrected chi connectivity index (χ3v) is 6.19. The minimum absolute atomic E-state index is 0. The summed E-state index contributed by atoms with van der Waals surface area (Å²) in [4.78, 5) is 0.365. The zero-order valence-electron chi connectivity index (χ0n) is 12.2. The number of halogens is 1. The summed E-state index contributed by atoms with van der Waals surface area (Å²) in [6, 6.07) is 5.05. The van der Waals surface area contributed by atoms with E-state index < -0.39 is 10.0 Å². The predicted molar refractivity (Wildman–Crippen MR) is 83.6 cm³/mol. The highest BCUT2D eigenvalue weighted by Gasteiger charge is 2.41. The van der Waals surface area contributed by atoms with E-state index in [1.165, 1.54) is 0 Å². The van der Waals surface area contributed by atoms with E-state index in [1.54, 1.807) is 29.6 Å². The smallest absolute Gasteiger partial charge is 0.243 e. The fourth-order valence-corrected chi connectivity index (χ4v) is 4.81. The molecule has 3 rings (SSSR count). The molecule has 0 bridgehead atoms. The summed E-state index contributed by atoms with van der Waals surface area (Å²) in [6.07, 6.45) is 0. The van der Waals surface area contributed by atoms with Gasteiger partial charge in [0.15, 0.2) is 0 Å². The van der Waals surface area contributed by atoms with Gasteiger partial charge in [-0.15, -0.1) is 12.4 Å². The van der Waals surface area contributed by atoms with E-state index in [4.69, 9.17) is 4.74 Å². The maximum absolute atomic E-state index is 12.7. The van der Waals surface area contributed by atoms with Crippen LogP contribution in [0.1, 0.15) is 5.56 Å². The number of benzene rings is 1. The van der Waals surface area contributed by atoms with Crippen LogP contribution in [0.2, 0.25) is 0 Å². The van der Waals surface area contributed by atoms with Crippen LogP contribution in [0.3, 0.4) is 0 Å². The second-order valence-electron chi connectivity index (χ2n) is 5.63. The first-order valence-corrected chi connectivity index (χ1v) is 8.32. The van der Waals surface area contributed by atoms with Crippen LogP contribution in [0.4, 0.5) is 0 Å². The lowest BCUT2D eigenvalue weighted by Gasteiger charge is -2.18. The molecule has 1 aromatic carbocycles. The van der Waals surface area contributed by atoms with Gasteiger partial charge >= 0.3 is 0 Å². The Morgan fingerprint density at radius 3 is 2.38 bits per heavy atom. The number of methoxy groups -OCH3 is 1. The van der Waals surface area contributed by atoms with Crippen molar-refractivity contribution in [3.05, 3.63) is 23.8 Å². The van der Waals surface area contributed by atoms with Crippen molar-refractivity contribution in [2.75, 3.05) is 33.3 Å². The van der Waals surface area contributed by atoms with E-state index in [2.05, 4.69) is 5.32 Å². The largest absolute Gasteiger partial charge is 0.496 e. The molecular formula is C14H21ClN2O3S. The fraction of sp³-hybridized carbons (Fsp3) is 0.571. The Balaban J connectivity index is 0.00000161. The lowest BCUT2D eigenvalue weighted by molar-refractivity contribution is 0.411. The van der Waals surface area contributed by atoms with Crippen LogP contribution in [0, 0.1) is 18.8 Å². The molecule has 0 aromatic heterocycles. The lowest BCUT2D eigenvalue weighted by Crippen LogP contribution is -2.32. The molecule has 0 radical (unpaired) electrons. The Bertz CT molecular complexity index is 609. The highest BCUT2D eigenvalue weighted by atomic mass is 35.5. The normalized spacial score (nSPS) is 25.4. The number of hydrogen-bond acceptors (Lipinski definition) is 4. The summed E-state index contributed by atoms with van der Waals surface area (Å²) >= 11 is 0. The number of aryl methyl sites for hydroxylation is 1. The molecule has 2 aliphatic rings. The Labute approximate surface area is 132 Å². The summed E-state index contributed by atoms with van der Waals surface area (Å²) in [7, 11) is -1.79. The van der Waals surface area contributed by atoms with Gasteiger partial charge in [0, 0.05) is 13.1 Å². The topological polar surface area (TPSA) is 58.6 Å². The molecule has 0 saturated carbocycles. The number of hydrogen-bond donors (Lipinski definition) is 1. The molecule has 0 amide bonds. The van der Waals surface area contributed by atoms with Crippen molar-refractivity contribution in [2.24, 2.45) is 11.8 Å². The summed E-state index contributed by atoms with van der Waals surface area (Å²) in [5.74, 6) is 1.64. The molecule has 118 valence electrons. The number of ether oxygens (including phenoxy) is 1. The molecule has 1 N–H and O–H groups in total. The monoisotopic (exact) mass is 332 g/mol. The Morgan fingerprint density at radius 2 is 1.86 bits per heavy atom. The van der Waals surface area contributed by atoms with Crippen molar-refractivity contribution in [1.82, 2.24) is 9.62 Å². The molecule has 1 aromatic rings. The molecule has 21 heavy (non-hydrogen) atoms. The number of nitrogens with one attached hydrogen (secondary N) is 1. The van der Waals surface area contributed by atoms with E-state index in [1.807, 2.05) is 6.92 Å². The van der Waals surface area contributed by atoms with Crippen molar-refractivity contribution < 1.29 is 13.2 Å². The first kappa shape index (κ1) is 16.5. The zero-order chi connectivity index (χ0) is 14.3. The zero-order valence-corrected chi connectivity index (χ0v) is 13.8. The van der Waals surface area contributed by atoms with Gasteiger partial charge in [0.1, 0.15) is 5.75 Å². The van der Waals surface area contributed by atoms with E-state index in [0.717, 1.165) is 18.7 Å². The number of sulfonamides is 1. The number of fused-ring (bicyclic) bond motifs is 1. The fourth-order valence-electron chi connectivity index (χ4n) is 3.17. The predicted octanol–water partition coefficient (Wildman–Crippen LogP) is 1.27. The van der Waals surface area contributed by atoms with Crippen LogP contribution in [0.15, 0.2) is 23.1 Å². The van der Waals surface area contributed by atoms with Crippen LogP contribution in [-0.4, -0.2) is 46.0 Å². The van der Waals surface area contributed by atoms with E-state index >= 15 is 0 Å². The van der Waals surface area contributed by atoms with Crippen LogP contribution in [-0.2, 0) is 10.0 Å². The van der Waals surface area contributed by atoms with Crippen LogP contribution in [0.5, 0.6) is 5.75 Å². The summed E-state index contributed by atoms with van der Waals surface area (Å²) in [5.41, 5.74) is 0.842. The molecule has 7 heteroatoms. The first-order valence-electron chi connectivity index (χ1n) is 6.88. The van der Waals surface area contributed by atoms with Crippen molar-refractivity contribution in [3.8, 4) is 5.75 Å². The molecule has 0 aliphatic carbocycles. The molecule has 0 unspecified atom stereocenters. The van der Waals surface area contributed by atoms with Gasteiger partial charge < -0.3 is 10.1 Å². The average molecular weight is 333 g/mol. The number of rotatable bonds is 3. The highest BCUT2D eigenvalue weighted by molar-refractivity contribution is 7.89. The third-order valence-electron chi connectivity index (χ3n) is 4.36. The standard InChI is InChI=1S/C14H20N2O3S.ClH/c1-10-5-13(3-4-14(10)19-2)20(17,18)16-8-11-6-15-7-12(11)9-16;/h3-5,11-12,15H,6-9H2,1-2H3;1H/t11-,12+;. The summed E-state index contributed by atoms with van der Waals surface area (Å²) in [6.45, 7) is 4.98. The molecule has 2 fully saturated rings. The minimum atomic E-state index is -3.38. The van der Waals surface area contributed by atoms with Gasteiger partial charge in [0.25, 0.3) is 0 Å². The van der Waals surface area contributed by atoms with Crippen molar-refractivity contribution in [3.63, 3.8) is 0 Å². The van der Waals surface area contributed by atoms with Crippen LogP contribution in [0.25, 0.3) is 0 Å². The van der Waals surface area contributed by atoms with Crippen molar-refractivity contribution in [1.29, 1.82) is 0 Å². The minimum Gasteiger partial charge on any atom is -0.496 e. The SMILES string of the molecule is COc1ccc(S(=O)(=O)N2C[C@H]3CNC[C@H]3C2)cc1C.Cl. The van der Waals surface area contributed by atoms with Gasteiger partial charge in [0.2, 0.25) is 10.0 Å². The lowest BCUT2D eigenvalue weighted by atomic mass is 10.0. The maximum atomic E-state index is 12.7. The molecular weight excluding hydrogens is 312 g/mol. The Hall–Kier alpha value is -0.820. The van der Waals surface area contributed by atoms with E-state index in [0.29, 0.717) is 35.6 Å². The Kier molecular flexibility index (Phi) is 4.82. The molecule has 2 atom stereocenters. The van der Waals surface area contributed by atoms with Crippen LogP contribution >= 0.6 is 12.4 Å². The first-order chi connectivity index (χ1) is 9.52. The van der Waals surface area contributed by atoms with Gasteiger partial charge in [0.05, 0.1) is 12.0 Å². The molecule has 2 saturated heterocycles.